The molecule has 1 fully saturated rings. The predicted molar refractivity (Wildman–Crippen MR) is 96.2 cm³/mol. The number of aryl methyl sites for hydroxylation is 1. The van der Waals surface area contributed by atoms with E-state index in [0.717, 1.165) is 23.4 Å². The number of nitrogens with one attached hydrogen (secondary N) is 1. The fraction of sp³-hybridized carbons (Fsp3) is 0.471. The van der Waals surface area contributed by atoms with Crippen LogP contribution in [-0.2, 0) is 19.0 Å². The van der Waals surface area contributed by atoms with Crippen LogP contribution in [0.1, 0.15) is 24.2 Å². The van der Waals surface area contributed by atoms with E-state index in [4.69, 9.17) is 11.6 Å². The van der Waals surface area contributed by atoms with Crippen LogP contribution < -0.4 is 5.32 Å². The van der Waals surface area contributed by atoms with Crippen molar-refractivity contribution in [1.82, 2.24) is 25.0 Å². The topological polar surface area (TPSA) is 58.3 Å². The highest BCUT2D eigenvalue weighted by Gasteiger charge is 2.44. The van der Waals surface area contributed by atoms with Gasteiger partial charge in [0.15, 0.2) is 5.96 Å². The first-order valence-corrected chi connectivity index (χ1v) is 8.42. The monoisotopic (exact) mass is 346 g/mol. The molecule has 7 heteroatoms. The Morgan fingerprint density at radius 3 is 2.83 bits per heavy atom. The Balaban J connectivity index is 1.63. The Labute approximate surface area is 147 Å². The molecular weight excluding hydrogens is 324 g/mol. The van der Waals surface area contributed by atoms with Gasteiger partial charge in [0.05, 0.1) is 6.54 Å². The van der Waals surface area contributed by atoms with E-state index in [0.29, 0.717) is 6.54 Å². The molecule has 0 saturated heterocycles. The van der Waals surface area contributed by atoms with Crippen molar-refractivity contribution in [2.45, 2.75) is 24.8 Å². The van der Waals surface area contributed by atoms with Crippen LogP contribution in [0.5, 0.6) is 0 Å². The molecule has 3 rings (SSSR count). The molecule has 0 atom stereocenters. The molecule has 128 valence electrons. The number of aromatic nitrogens is 3. The fourth-order valence-corrected chi connectivity index (χ4v) is 3.11. The molecule has 1 aromatic carbocycles. The first kappa shape index (κ1) is 16.8. The zero-order valence-electron chi connectivity index (χ0n) is 14.3. The van der Waals surface area contributed by atoms with Gasteiger partial charge in [-0.2, -0.15) is 5.10 Å². The van der Waals surface area contributed by atoms with E-state index >= 15 is 0 Å². The second-order valence-electron chi connectivity index (χ2n) is 6.35. The van der Waals surface area contributed by atoms with Crippen LogP contribution in [0.2, 0.25) is 5.02 Å². The minimum Gasteiger partial charge on any atom is -0.355 e. The second kappa shape index (κ2) is 6.81. The molecule has 0 spiro atoms. The summed E-state index contributed by atoms with van der Waals surface area (Å²) >= 11 is 6.15. The molecule has 0 radical (unpaired) electrons. The summed E-state index contributed by atoms with van der Waals surface area (Å²) in [6.45, 7) is 1.50. The highest BCUT2D eigenvalue weighted by molar-refractivity contribution is 6.30. The van der Waals surface area contributed by atoms with Crippen molar-refractivity contribution in [2.75, 3.05) is 20.6 Å². The van der Waals surface area contributed by atoms with Gasteiger partial charge in [0, 0.05) is 38.1 Å². The number of hydrogen-bond acceptors (Lipinski definition) is 3. The average molecular weight is 347 g/mol. The number of rotatable bonds is 5. The lowest BCUT2D eigenvalue weighted by molar-refractivity contribution is 0.444. The smallest absolute Gasteiger partial charge is 0.193 e. The molecule has 1 aliphatic carbocycles. The maximum atomic E-state index is 6.15. The van der Waals surface area contributed by atoms with Gasteiger partial charge in [-0.1, -0.05) is 23.7 Å². The van der Waals surface area contributed by atoms with E-state index in [-0.39, 0.29) is 5.41 Å². The Morgan fingerprint density at radius 1 is 1.46 bits per heavy atom. The Bertz CT molecular complexity index is 734. The van der Waals surface area contributed by atoms with Gasteiger partial charge < -0.3 is 10.2 Å². The highest BCUT2D eigenvalue weighted by atomic mass is 35.5. The minimum absolute atomic E-state index is 0.173. The third kappa shape index (κ3) is 3.53. The van der Waals surface area contributed by atoms with E-state index in [1.54, 1.807) is 18.1 Å². The Morgan fingerprint density at radius 2 is 2.25 bits per heavy atom. The molecule has 1 saturated carbocycles. The summed E-state index contributed by atoms with van der Waals surface area (Å²) in [4.78, 5) is 10.7. The van der Waals surface area contributed by atoms with E-state index in [1.807, 2.05) is 26.2 Å². The maximum absolute atomic E-state index is 6.15. The summed E-state index contributed by atoms with van der Waals surface area (Å²) in [5, 5.41) is 8.40. The van der Waals surface area contributed by atoms with Gasteiger partial charge in [-0.25, -0.2) is 4.98 Å². The van der Waals surface area contributed by atoms with Crippen LogP contribution in [0.4, 0.5) is 0 Å². The van der Waals surface area contributed by atoms with Gasteiger partial charge in [0.25, 0.3) is 0 Å². The largest absolute Gasteiger partial charge is 0.355 e. The molecule has 0 amide bonds. The fourth-order valence-electron chi connectivity index (χ4n) is 2.92. The average Bonchev–Trinajstić information content (AvgIpc) is 3.26. The quantitative estimate of drug-likeness (QED) is 0.666. The van der Waals surface area contributed by atoms with Crippen molar-refractivity contribution in [3.05, 3.63) is 47.0 Å². The SMILES string of the molecule is CN=C(NCC1(c2cccc(Cl)c2)CC1)N(C)Cc1ncnn1C. The van der Waals surface area contributed by atoms with Gasteiger partial charge in [-0.3, -0.25) is 9.67 Å². The summed E-state index contributed by atoms with van der Waals surface area (Å²) in [6, 6.07) is 8.17. The third-order valence-corrected chi connectivity index (χ3v) is 4.87. The predicted octanol–water partition coefficient (Wildman–Crippen LogP) is 2.21. The summed E-state index contributed by atoms with van der Waals surface area (Å²) in [7, 11) is 5.70. The summed E-state index contributed by atoms with van der Waals surface area (Å²) in [6.07, 6.45) is 3.91. The van der Waals surface area contributed by atoms with E-state index in [1.165, 1.54) is 18.4 Å². The molecule has 0 unspecified atom stereocenters. The van der Waals surface area contributed by atoms with Gasteiger partial charge in [-0.05, 0) is 30.5 Å². The normalized spacial score (nSPS) is 16.1. The molecule has 1 heterocycles. The van der Waals surface area contributed by atoms with E-state index < -0.39 is 0 Å². The van der Waals surface area contributed by atoms with Crippen LogP contribution in [0, 0.1) is 0 Å². The molecule has 0 bridgehead atoms. The molecule has 24 heavy (non-hydrogen) atoms. The van der Waals surface area contributed by atoms with Crippen LogP contribution >= 0.6 is 11.6 Å². The molecule has 1 aromatic heterocycles. The number of aliphatic imine (C=N–C) groups is 1. The number of hydrogen-bond donors (Lipinski definition) is 1. The molecular formula is C17H23ClN6. The van der Waals surface area contributed by atoms with Crippen molar-refractivity contribution in [3.8, 4) is 0 Å². The zero-order valence-corrected chi connectivity index (χ0v) is 15.1. The van der Waals surface area contributed by atoms with Crippen LogP contribution in [0.15, 0.2) is 35.6 Å². The number of halogens is 1. The van der Waals surface area contributed by atoms with Crippen LogP contribution in [-0.4, -0.2) is 46.3 Å². The third-order valence-electron chi connectivity index (χ3n) is 4.63. The Kier molecular flexibility index (Phi) is 4.76. The zero-order chi connectivity index (χ0) is 17.2. The molecule has 6 nitrogen and oxygen atoms in total. The van der Waals surface area contributed by atoms with Crippen LogP contribution in [0.25, 0.3) is 0 Å². The summed E-state index contributed by atoms with van der Waals surface area (Å²) in [5.41, 5.74) is 1.47. The van der Waals surface area contributed by atoms with Crippen molar-refractivity contribution >= 4 is 17.6 Å². The highest BCUT2D eigenvalue weighted by Crippen LogP contribution is 2.48. The van der Waals surface area contributed by atoms with Crippen LogP contribution in [0.3, 0.4) is 0 Å². The number of nitrogens with zero attached hydrogens (tertiary/aromatic N) is 5. The lowest BCUT2D eigenvalue weighted by atomic mass is 9.96. The van der Waals surface area contributed by atoms with Gasteiger partial charge in [-0.15, -0.1) is 0 Å². The van der Waals surface area contributed by atoms with Gasteiger partial charge >= 0.3 is 0 Å². The molecule has 2 aromatic rings. The number of benzene rings is 1. The number of guanidine groups is 1. The lowest BCUT2D eigenvalue weighted by Gasteiger charge is -2.24. The lowest BCUT2D eigenvalue weighted by Crippen LogP contribution is -2.42. The first-order chi connectivity index (χ1) is 11.5. The Hall–Kier alpha value is -2.08. The maximum Gasteiger partial charge on any atom is 0.193 e. The van der Waals surface area contributed by atoms with Crippen molar-refractivity contribution in [3.63, 3.8) is 0 Å². The van der Waals surface area contributed by atoms with E-state index in [9.17, 15) is 0 Å². The summed E-state index contributed by atoms with van der Waals surface area (Å²) < 4.78 is 1.78. The second-order valence-corrected chi connectivity index (χ2v) is 6.78. The van der Waals surface area contributed by atoms with Gasteiger partial charge in [0.1, 0.15) is 12.2 Å². The standard InChI is InChI=1S/C17H23ClN6/c1-19-16(23(2)10-15-21-12-22-24(15)3)20-11-17(7-8-17)13-5-4-6-14(18)9-13/h4-6,9,12H,7-8,10-11H2,1-3H3,(H,19,20). The van der Waals surface area contributed by atoms with Crippen molar-refractivity contribution < 1.29 is 0 Å². The first-order valence-electron chi connectivity index (χ1n) is 8.05. The minimum atomic E-state index is 0.173. The van der Waals surface area contributed by atoms with Crippen molar-refractivity contribution in [2.24, 2.45) is 12.0 Å². The van der Waals surface area contributed by atoms with Gasteiger partial charge in [0.2, 0.25) is 0 Å². The molecule has 1 N–H and O–H groups in total. The molecule has 1 aliphatic rings. The van der Waals surface area contributed by atoms with Crippen molar-refractivity contribution in [1.29, 1.82) is 0 Å². The summed E-state index contributed by atoms with van der Waals surface area (Å²) in [5.74, 6) is 1.75. The van der Waals surface area contributed by atoms with E-state index in [2.05, 4.69) is 37.4 Å². The molecule has 0 aliphatic heterocycles.